The van der Waals surface area contributed by atoms with Crippen LogP contribution in [-0.4, -0.2) is 23.7 Å². The fraction of sp³-hybridized carbons (Fsp3) is 0.875. The predicted octanol–water partition coefficient (Wildman–Crippen LogP) is 0.459. The van der Waals surface area contributed by atoms with E-state index >= 15 is 0 Å². The molecule has 0 spiro atoms. The van der Waals surface area contributed by atoms with Crippen LogP contribution in [0.4, 0.5) is 0 Å². The van der Waals surface area contributed by atoms with Crippen LogP contribution < -0.4 is 5.32 Å². The van der Waals surface area contributed by atoms with Crippen LogP contribution in [0.15, 0.2) is 0 Å². The first-order valence-electron chi connectivity index (χ1n) is 4.23. The maximum Gasteiger partial charge on any atom is 0.321 e. The smallest absolute Gasteiger partial charge is 0.321 e. The van der Waals surface area contributed by atoms with Crippen LogP contribution in [0.25, 0.3) is 0 Å². The van der Waals surface area contributed by atoms with Gasteiger partial charge in [-0.15, -0.1) is 0 Å². The molecule has 1 heterocycles. The molecule has 1 saturated carbocycles. The van der Waals surface area contributed by atoms with Crippen LogP contribution in [0.5, 0.6) is 0 Å². The first-order valence-corrected chi connectivity index (χ1v) is 4.23. The summed E-state index contributed by atoms with van der Waals surface area (Å²) in [7, 11) is 0. The van der Waals surface area contributed by atoms with Gasteiger partial charge in [0, 0.05) is 6.54 Å². The highest BCUT2D eigenvalue weighted by atomic mass is 16.4. The Labute approximate surface area is 65.8 Å². The van der Waals surface area contributed by atoms with Gasteiger partial charge in [-0.2, -0.15) is 0 Å². The number of hydrogen-bond donors (Lipinski definition) is 2. The largest absolute Gasteiger partial charge is 0.480 e. The molecule has 2 rings (SSSR count). The SMILES string of the molecule is O=C(O)C1NCC1CC1CC1. The summed E-state index contributed by atoms with van der Waals surface area (Å²) in [6.07, 6.45) is 3.77. The van der Waals surface area contributed by atoms with Crippen LogP contribution in [0.3, 0.4) is 0 Å². The van der Waals surface area contributed by atoms with Crippen molar-refractivity contribution in [2.45, 2.75) is 25.3 Å². The highest BCUT2D eigenvalue weighted by Gasteiger charge is 2.39. The molecule has 0 aromatic rings. The maximum absolute atomic E-state index is 10.5. The third kappa shape index (κ3) is 1.38. The lowest BCUT2D eigenvalue weighted by Crippen LogP contribution is -2.57. The van der Waals surface area contributed by atoms with Crippen molar-refractivity contribution < 1.29 is 9.90 Å². The van der Waals surface area contributed by atoms with E-state index in [1.165, 1.54) is 12.8 Å². The number of carboxylic acids is 1. The molecule has 2 fully saturated rings. The molecule has 0 aromatic carbocycles. The molecule has 1 aliphatic heterocycles. The number of hydrogen-bond acceptors (Lipinski definition) is 2. The molecule has 3 nitrogen and oxygen atoms in total. The average Bonchev–Trinajstić information content (AvgIpc) is 2.60. The van der Waals surface area contributed by atoms with Crippen molar-refractivity contribution >= 4 is 5.97 Å². The molecule has 3 heteroatoms. The van der Waals surface area contributed by atoms with Gasteiger partial charge < -0.3 is 10.4 Å². The summed E-state index contributed by atoms with van der Waals surface area (Å²) in [5.74, 6) is 0.589. The van der Waals surface area contributed by atoms with E-state index in [1.54, 1.807) is 0 Å². The quantitative estimate of drug-likeness (QED) is 0.622. The molecule has 11 heavy (non-hydrogen) atoms. The topological polar surface area (TPSA) is 49.3 Å². The normalized spacial score (nSPS) is 36.4. The third-order valence-corrected chi connectivity index (χ3v) is 2.67. The molecule has 0 amide bonds. The van der Waals surface area contributed by atoms with E-state index in [9.17, 15) is 4.79 Å². The molecule has 62 valence electrons. The van der Waals surface area contributed by atoms with Gasteiger partial charge in [0.05, 0.1) is 0 Å². The second-order valence-corrected chi connectivity index (χ2v) is 3.66. The molecule has 2 unspecified atom stereocenters. The number of nitrogens with one attached hydrogen (secondary N) is 1. The number of rotatable bonds is 3. The van der Waals surface area contributed by atoms with E-state index in [4.69, 9.17) is 5.11 Å². The summed E-state index contributed by atoms with van der Waals surface area (Å²) in [6, 6.07) is -0.240. The maximum atomic E-state index is 10.5. The molecule has 2 N–H and O–H groups in total. The van der Waals surface area contributed by atoms with Crippen LogP contribution >= 0.6 is 0 Å². The molecular formula is C8H13NO2. The number of carbonyl (C=O) groups is 1. The Morgan fingerprint density at radius 3 is 2.64 bits per heavy atom. The molecule has 0 bridgehead atoms. The summed E-state index contributed by atoms with van der Waals surface area (Å²) < 4.78 is 0. The van der Waals surface area contributed by atoms with Gasteiger partial charge in [-0.1, -0.05) is 12.8 Å². The number of carboxylic acid groups (broad SMARTS) is 1. The van der Waals surface area contributed by atoms with E-state index in [1.807, 2.05) is 0 Å². The molecule has 0 aromatic heterocycles. The molecular weight excluding hydrogens is 142 g/mol. The molecule has 1 aliphatic carbocycles. The third-order valence-electron chi connectivity index (χ3n) is 2.67. The van der Waals surface area contributed by atoms with E-state index < -0.39 is 5.97 Å². The fourth-order valence-corrected chi connectivity index (χ4v) is 1.69. The minimum atomic E-state index is -0.679. The number of aliphatic carboxylic acids is 1. The molecule has 2 aliphatic rings. The zero-order valence-electron chi connectivity index (χ0n) is 6.42. The summed E-state index contributed by atoms with van der Waals surface area (Å²) >= 11 is 0. The van der Waals surface area contributed by atoms with E-state index in [0.717, 1.165) is 18.9 Å². The van der Waals surface area contributed by atoms with Crippen LogP contribution in [-0.2, 0) is 4.79 Å². The second-order valence-electron chi connectivity index (χ2n) is 3.66. The molecule has 0 radical (unpaired) electrons. The van der Waals surface area contributed by atoms with Crippen LogP contribution in [0.1, 0.15) is 19.3 Å². The van der Waals surface area contributed by atoms with Crippen LogP contribution in [0.2, 0.25) is 0 Å². The molecule has 1 saturated heterocycles. The van der Waals surface area contributed by atoms with Crippen LogP contribution in [0, 0.1) is 11.8 Å². The summed E-state index contributed by atoms with van der Waals surface area (Å²) in [6.45, 7) is 0.910. The Balaban J connectivity index is 1.80. The van der Waals surface area contributed by atoms with Crippen molar-refractivity contribution in [2.24, 2.45) is 11.8 Å². The first-order chi connectivity index (χ1) is 5.27. The lowest BCUT2D eigenvalue weighted by molar-refractivity contribution is -0.143. The van der Waals surface area contributed by atoms with E-state index in [-0.39, 0.29) is 6.04 Å². The van der Waals surface area contributed by atoms with Gasteiger partial charge in [-0.05, 0) is 18.3 Å². The Kier molecular flexibility index (Phi) is 1.60. The Morgan fingerprint density at radius 1 is 1.55 bits per heavy atom. The zero-order chi connectivity index (χ0) is 7.84. The lowest BCUT2D eigenvalue weighted by atomic mass is 9.87. The summed E-state index contributed by atoms with van der Waals surface area (Å²) in [5, 5.41) is 11.6. The summed E-state index contributed by atoms with van der Waals surface area (Å²) in [5.41, 5.74) is 0. The van der Waals surface area contributed by atoms with Gasteiger partial charge in [0.1, 0.15) is 6.04 Å². The molecule has 2 atom stereocenters. The van der Waals surface area contributed by atoms with Crippen molar-refractivity contribution in [3.8, 4) is 0 Å². The van der Waals surface area contributed by atoms with Crippen molar-refractivity contribution in [1.29, 1.82) is 0 Å². The van der Waals surface area contributed by atoms with Gasteiger partial charge in [0.2, 0.25) is 0 Å². The summed E-state index contributed by atoms with van der Waals surface area (Å²) in [4.78, 5) is 10.5. The van der Waals surface area contributed by atoms with Gasteiger partial charge >= 0.3 is 5.97 Å². The fourth-order valence-electron chi connectivity index (χ4n) is 1.69. The zero-order valence-corrected chi connectivity index (χ0v) is 6.42. The monoisotopic (exact) mass is 155 g/mol. The van der Waals surface area contributed by atoms with Crippen molar-refractivity contribution in [2.75, 3.05) is 6.54 Å². The predicted molar refractivity (Wildman–Crippen MR) is 40.3 cm³/mol. The lowest BCUT2D eigenvalue weighted by Gasteiger charge is -2.34. The van der Waals surface area contributed by atoms with Crippen molar-refractivity contribution in [3.05, 3.63) is 0 Å². The first kappa shape index (κ1) is 7.10. The second kappa shape index (κ2) is 2.48. The minimum absolute atomic E-state index is 0.240. The highest BCUT2D eigenvalue weighted by molar-refractivity contribution is 5.75. The van der Waals surface area contributed by atoms with Gasteiger partial charge in [0.15, 0.2) is 0 Å². The Hall–Kier alpha value is -0.570. The van der Waals surface area contributed by atoms with Gasteiger partial charge in [0.25, 0.3) is 0 Å². The minimum Gasteiger partial charge on any atom is -0.480 e. The van der Waals surface area contributed by atoms with E-state index in [2.05, 4.69) is 5.32 Å². The standard InChI is InChI=1S/C8H13NO2/c10-8(11)7-6(4-9-7)3-5-1-2-5/h5-7,9H,1-4H2,(H,10,11). The highest BCUT2D eigenvalue weighted by Crippen LogP contribution is 2.37. The van der Waals surface area contributed by atoms with Crippen molar-refractivity contribution in [3.63, 3.8) is 0 Å². The van der Waals surface area contributed by atoms with Gasteiger partial charge in [-0.25, -0.2) is 0 Å². The Morgan fingerprint density at radius 2 is 2.27 bits per heavy atom. The van der Waals surface area contributed by atoms with Crippen molar-refractivity contribution in [1.82, 2.24) is 5.32 Å². The Bertz CT molecular complexity index is 177. The van der Waals surface area contributed by atoms with Gasteiger partial charge in [-0.3, -0.25) is 4.79 Å². The average molecular weight is 155 g/mol. The van der Waals surface area contributed by atoms with E-state index in [0.29, 0.717) is 5.92 Å².